The molecule has 0 fully saturated rings. The van der Waals surface area contributed by atoms with Gasteiger partial charge in [0, 0.05) is 11.8 Å². The molecule has 2 aromatic rings. The Morgan fingerprint density at radius 1 is 1.05 bits per heavy atom. The van der Waals surface area contributed by atoms with E-state index >= 15 is 0 Å². The first-order valence-corrected chi connectivity index (χ1v) is 6.86. The first-order valence-electron chi connectivity index (χ1n) is 5.72. The van der Waals surface area contributed by atoms with E-state index in [0.29, 0.717) is 26.6 Å². The predicted molar refractivity (Wildman–Crippen MR) is 83.7 cm³/mol. The summed E-state index contributed by atoms with van der Waals surface area (Å²) in [4.78, 5) is 11.6. The summed E-state index contributed by atoms with van der Waals surface area (Å²) in [5.74, 6) is 0.120. The Hall–Kier alpha value is -1.62. The molecule has 0 saturated carbocycles. The summed E-state index contributed by atoms with van der Waals surface area (Å²) in [5.41, 5.74) is 6.20. The van der Waals surface area contributed by atoms with Crippen LogP contribution in [0.25, 0.3) is 0 Å². The van der Waals surface area contributed by atoms with Crippen LogP contribution >= 0.6 is 34.8 Å². The quantitative estimate of drug-likeness (QED) is 0.492. The molecule has 0 aliphatic carbocycles. The van der Waals surface area contributed by atoms with Crippen LogP contribution in [0.3, 0.4) is 0 Å². The summed E-state index contributed by atoms with van der Waals surface area (Å²) in [6.45, 7) is 0. The lowest BCUT2D eigenvalue weighted by atomic mass is 10.1. The van der Waals surface area contributed by atoms with E-state index in [2.05, 4.69) is 4.74 Å². The molecule has 0 saturated heterocycles. The van der Waals surface area contributed by atoms with Gasteiger partial charge in [-0.05, 0) is 24.3 Å². The van der Waals surface area contributed by atoms with Crippen molar-refractivity contribution in [1.82, 2.24) is 0 Å². The maximum Gasteiger partial charge on any atom is 0.340 e. The lowest BCUT2D eigenvalue weighted by molar-refractivity contribution is 0.0601. The molecule has 0 spiro atoms. The Morgan fingerprint density at radius 2 is 1.71 bits per heavy atom. The van der Waals surface area contributed by atoms with Crippen LogP contribution in [0.15, 0.2) is 30.3 Å². The molecule has 0 aliphatic rings. The van der Waals surface area contributed by atoms with E-state index in [4.69, 9.17) is 45.3 Å². The molecule has 4 nitrogen and oxygen atoms in total. The third-order valence-corrected chi connectivity index (χ3v) is 3.65. The Bertz CT molecular complexity index is 704. The van der Waals surface area contributed by atoms with Gasteiger partial charge in [0.1, 0.15) is 11.5 Å². The van der Waals surface area contributed by atoms with E-state index in [9.17, 15) is 4.79 Å². The van der Waals surface area contributed by atoms with Gasteiger partial charge in [-0.15, -0.1) is 0 Å². The summed E-state index contributed by atoms with van der Waals surface area (Å²) >= 11 is 17.8. The summed E-state index contributed by atoms with van der Waals surface area (Å²) in [6, 6.07) is 7.55. The van der Waals surface area contributed by atoms with Crippen molar-refractivity contribution in [2.75, 3.05) is 12.8 Å². The molecule has 0 heterocycles. The minimum atomic E-state index is -0.557. The zero-order valence-corrected chi connectivity index (χ0v) is 13.1. The predicted octanol–water partition coefficient (Wildman–Crippen LogP) is 4.81. The summed E-state index contributed by atoms with van der Waals surface area (Å²) < 4.78 is 10.2. The first-order chi connectivity index (χ1) is 9.92. The number of carbonyl (C=O) groups is 1. The second-order valence-electron chi connectivity index (χ2n) is 4.04. The smallest absolute Gasteiger partial charge is 0.340 e. The number of carbonyl (C=O) groups excluding carboxylic acids is 1. The molecule has 2 N–H and O–H groups in total. The number of hydrogen-bond acceptors (Lipinski definition) is 4. The van der Waals surface area contributed by atoms with Gasteiger partial charge >= 0.3 is 5.97 Å². The largest absolute Gasteiger partial charge is 0.465 e. The van der Waals surface area contributed by atoms with Crippen LogP contribution in [0.5, 0.6) is 11.5 Å². The molecular formula is C14H10Cl3NO3. The van der Waals surface area contributed by atoms with Gasteiger partial charge in [-0.3, -0.25) is 0 Å². The molecule has 110 valence electrons. The minimum Gasteiger partial charge on any atom is -0.465 e. The van der Waals surface area contributed by atoms with Crippen LogP contribution in [0, 0.1) is 0 Å². The second kappa shape index (κ2) is 6.43. The highest BCUT2D eigenvalue weighted by molar-refractivity contribution is 6.43. The molecule has 0 radical (unpaired) electrons. The van der Waals surface area contributed by atoms with Crippen LogP contribution in [0.4, 0.5) is 5.69 Å². The number of benzene rings is 2. The van der Waals surface area contributed by atoms with Crippen LogP contribution in [0.2, 0.25) is 15.1 Å². The zero-order chi connectivity index (χ0) is 15.6. The van der Waals surface area contributed by atoms with E-state index in [1.54, 1.807) is 6.07 Å². The van der Waals surface area contributed by atoms with Crippen molar-refractivity contribution in [2.24, 2.45) is 0 Å². The molecule has 0 bridgehead atoms. The van der Waals surface area contributed by atoms with Gasteiger partial charge in [0.05, 0.1) is 27.7 Å². The van der Waals surface area contributed by atoms with Gasteiger partial charge in [0.2, 0.25) is 0 Å². The van der Waals surface area contributed by atoms with Crippen LogP contribution in [0.1, 0.15) is 10.4 Å². The fraction of sp³-hybridized carbons (Fsp3) is 0.0714. The van der Waals surface area contributed by atoms with Gasteiger partial charge in [-0.2, -0.15) is 0 Å². The van der Waals surface area contributed by atoms with Gasteiger partial charge in [0.15, 0.2) is 0 Å². The number of rotatable bonds is 3. The fourth-order valence-electron chi connectivity index (χ4n) is 1.60. The van der Waals surface area contributed by atoms with Crippen molar-refractivity contribution < 1.29 is 14.3 Å². The minimum absolute atomic E-state index is 0.200. The molecule has 2 aromatic carbocycles. The highest BCUT2D eigenvalue weighted by Gasteiger charge is 2.13. The van der Waals surface area contributed by atoms with Crippen molar-refractivity contribution in [3.63, 3.8) is 0 Å². The first kappa shape index (κ1) is 15.8. The Morgan fingerprint density at radius 3 is 2.38 bits per heavy atom. The van der Waals surface area contributed by atoms with E-state index in [0.717, 1.165) is 0 Å². The lowest BCUT2D eigenvalue weighted by Crippen LogP contribution is -2.05. The zero-order valence-electron chi connectivity index (χ0n) is 10.8. The molecule has 21 heavy (non-hydrogen) atoms. The molecule has 0 amide bonds. The standard InChI is InChI=1S/C14H10Cl3NO3/c1-20-14(19)8-4-7(2-3-12(8)18)21-13-6-10(16)9(15)5-11(13)17/h2-6H,18H2,1H3. The van der Waals surface area contributed by atoms with Gasteiger partial charge in [-0.1, -0.05) is 34.8 Å². The Labute approximate surface area is 136 Å². The second-order valence-corrected chi connectivity index (χ2v) is 5.26. The topological polar surface area (TPSA) is 61.5 Å². The van der Waals surface area contributed by atoms with E-state index in [1.165, 1.54) is 31.4 Å². The Balaban J connectivity index is 2.36. The number of halogens is 3. The third kappa shape index (κ3) is 3.53. The molecule has 0 unspecified atom stereocenters. The third-order valence-electron chi connectivity index (χ3n) is 2.63. The SMILES string of the molecule is COC(=O)c1cc(Oc2cc(Cl)c(Cl)cc2Cl)ccc1N. The average molecular weight is 347 g/mol. The molecular weight excluding hydrogens is 337 g/mol. The highest BCUT2D eigenvalue weighted by atomic mass is 35.5. The van der Waals surface area contributed by atoms with Gasteiger partial charge < -0.3 is 15.2 Å². The summed E-state index contributed by atoms with van der Waals surface area (Å²) in [7, 11) is 1.27. The molecule has 7 heteroatoms. The normalized spacial score (nSPS) is 10.3. The number of methoxy groups -OCH3 is 1. The number of esters is 1. The number of nitrogen functional groups attached to an aromatic ring is 1. The van der Waals surface area contributed by atoms with E-state index in [1.807, 2.05) is 0 Å². The van der Waals surface area contributed by atoms with Crippen molar-refractivity contribution in [2.45, 2.75) is 0 Å². The van der Waals surface area contributed by atoms with Crippen molar-refractivity contribution in [1.29, 1.82) is 0 Å². The molecule has 2 rings (SSSR count). The number of anilines is 1. The average Bonchev–Trinajstić information content (AvgIpc) is 2.45. The number of hydrogen-bond donors (Lipinski definition) is 1. The fourth-order valence-corrected chi connectivity index (χ4v) is 2.17. The maximum absolute atomic E-state index is 11.6. The maximum atomic E-state index is 11.6. The van der Waals surface area contributed by atoms with Gasteiger partial charge in [0.25, 0.3) is 0 Å². The molecule has 0 aliphatic heterocycles. The van der Waals surface area contributed by atoms with E-state index < -0.39 is 5.97 Å². The van der Waals surface area contributed by atoms with Crippen LogP contribution in [-0.4, -0.2) is 13.1 Å². The molecule has 0 aromatic heterocycles. The lowest BCUT2D eigenvalue weighted by Gasteiger charge is -2.11. The highest BCUT2D eigenvalue weighted by Crippen LogP contribution is 2.36. The van der Waals surface area contributed by atoms with Crippen molar-refractivity contribution in [3.05, 3.63) is 51.0 Å². The number of nitrogens with two attached hydrogens (primary N) is 1. The van der Waals surface area contributed by atoms with Gasteiger partial charge in [-0.25, -0.2) is 4.79 Å². The van der Waals surface area contributed by atoms with Crippen LogP contribution < -0.4 is 10.5 Å². The van der Waals surface area contributed by atoms with E-state index in [-0.39, 0.29) is 11.3 Å². The molecule has 0 atom stereocenters. The Kier molecular flexibility index (Phi) is 4.83. The number of ether oxygens (including phenoxy) is 2. The summed E-state index contributed by atoms with van der Waals surface area (Å²) in [6.07, 6.45) is 0. The monoisotopic (exact) mass is 345 g/mol. The van der Waals surface area contributed by atoms with Crippen molar-refractivity contribution in [3.8, 4) is 11.5 Å². The van der Waals surface area contributed by atoms with Crippen molar-refractivity contribution >= 4 is 46.5 Å². The van der Waals surface area contributed by atoms with Crippen LogP contribution in [-0.2, 0) is 4.74 Å². The summed E-state index contributed by atoms with van der Waals surface area (Å²) in [5, 5.41) is 0.919.